The van der Waals surface area contributed by atoms with Gasteiger partial charge in [0.2, 0.25) is 0 Å². The highest BCUT2D eigenvalue weighted by Gasteiger charge is 2.33. The van der Waals surface area contributed by atoms with E-state index in [9.17, 15) is 9.59 Å². The Morgan fingerprint density at radius 2 is 1.73 bits per heavy atom. The molecule has 1 aromatic carbocycles. The van der Waals surface area contributed by atoms with Gasteiger partial charge in [-0.05, 0) is 69.2 Å². The summed E-state index contributed by atoms with van der Waals surface area (Å²) in [6, 6.07) is 8.27. The third-order valence-electron chi connectivity index (χ3n) is 8.91. The zero-order valence-corrected chi connectivity index (χ0v) is 28.7. The molecular formula is C34H56N2O3S2. The first-order chi connectivity index (χ1) is 19.2. The fraction of sp³-hybridized carbons (Fsp3) is 0.765. The SMILES string of the molecule is CCC(C)(Cc1cccc(C(=O)C(C)(C)C)c1)SCCN1CCC(CC(C)(C)SCCN2CCCC2C(=O)OC)C1. The average molecular weight is 605 g/mol. The van der Waals surface area contributed by atoms with Crippen molar-refractivity contribution in [3.8, 4) is 0 Å². The van der Waals surface area contributed by atoms with Gasteiger partial charge in [0.05, 0.1) is 7.11 Å². The molecule has 5 nitrogen and oxygen atoms in total. The highest BCUT2D eigenvalue weighted by atomic mass is 32.2. The van der Waals surface area contributed by atoms with E-state index < -0.39 is 0 Å². The lowest BCUT2D eigenvalue weighted by Gasteiger charge is -2.30. The molecule has 2 aliphatic rings. The van der Waals surface area contributed by atoms with Crippen molar-refractivity contribution in [2.45, 2.75) is 103 Å². The van der Waals surface area contributed by atoms with Crippen LogP contribution in [0.15, 0.2) is 24.3 Å². The van der Waals surface area contributed by atoms with Crippen LogP contribution in [0.3, 0.4) is 0 Å². The van der Waals surface area contributed by atoms with Crippen molar-refractivity contribution < 1.29 is 14.3 Å². The van der Waals surface area contributed by atoms with Crippen LogP contribution in [0, 0.1) is 11.3 Å². The Morgan fingerprint density at radius 1 is 1.00 bits per heavy atom. The fourth-order valence-corrected chi connectivity index (χ4v) is 8.91. The summed E-state index contributed by atoms with van der Waals surface area (Å²) in [7, 11) is 1.50. The van der Waals surface area contributed by atoms with Gasteiger partial charge in [-0.15, -0.1) is 0 Å². The zero-order valence-electron chi connectivity index (χ0n) is 27.1. The Bertz CT molecular complexity index is 1010. The molecule has 2 fully saturated rings. The number of methoxy groups -OCH3 is 1. The van der Waals surface area contributed by atoms with E-state index in [1.807, 2.05) is 32.9 Å². The number of likely N-dealkylation sites (tertiary alicyclic amines) is 2. The number of benzene rings is 1. The lowest BCUT2D eigenvalue weighted by molar-refractivity contribution is -0.145. The summed E-state index contributed by atoms with van der Waals surface area (Å²) in [6.07, 6.45) is 6.67. The molecule has 3 unspecified atom stereocenters. The van der Waals surface area contributed by atoms with Crippen molar-refractivity contribution in [2.75, 3.05) is 51.3 Å². The number of carbonyl (C=O) groups excluding carboxylic acids is 2. The van der Waals surface area contributed by atoms with Crippen molar-refractivity contribution in [1.29, 1.82) is 0 Å². The minimum absolute atomic E-state index is 0.0395. The molecular weight excluding hydrogens is 549 g/mol. The molecule has 0 N–H and O–H groups in total. The van der Waals surface area contributed by atoms with Gasteiger partial charge >= 0.3 is 5.97 Å². The van der Waals surface area contributed by atoms with Gasteiger partial charge in [0.25, 0.3) is 0 Å². The summed E-state index contributed by atoms with van der Waals surface area (Å²) in [5, 5.41) is 0. The van der Waals surface area contributed by atoms with E-state index in [1.54, 1.807) is 0 Å². The largest absolute Gasteiger partial charge is 0.468 e. The second-order valence-electron chi connectivity index (χ2n) is 14.1. The monoisotopic (exact) mass is 604 g/mol. The first-order valence-corrected chi connectivity index (χ1v) is 17.7. The van der Waals surface area contributed by atoms with Crippen molar-refractivity contribution in [3.05, 3.63) is 35.4 Å². The number of Topliss-reactive ketones (excluding diaryl/α,β-unsaturated/α-hetero) is 1. The van der Waals surface area contributed by atoms with E-state index in [1.165, 1.54) is 38.6 Å². The zero-order chi connectivity index (χ0) is 30.3. The standard InChI is InChI=1S/C34H56N2O3S2/c1-9-34(7,24-26-12-10-13-28(22-26)30(37)32(2,3)4)41-20-18-35-17-15-27(25-35)23-33(5,6)40-21-19-36-16-11-14-29(36)31(38)39-8/h10,12-13,22,27,29H,9,11,14-21,23-25H2,1-8H3. The summed E-state index contributed by atoms with van der Waals surface area (Å²) in [5.74, 6) is 3.12. The van der Waals surface area contributed by atoms with E-state index in [2.05, 4.69) is 73.2 Å². The van der Waals surface area contributed by atoms with Crippen LogP contribution >= 0.6 is 23.5 Å². The third kappa shape index (κ3) is 10.6. The molecule has 41 heavy (non-hydrogen) atoms. The number of rotatable bonds is 15. The molecule has 0 bridgehead atoms. The Hall–Kier alpha value is -1.02. The number of ether oxygens (including phenoxy) is 1. The van der Waals surface area contributed by atoms with Crippen LogP contribution in [0.2, 0.25) is 0 Å². The number of hydrogen-bond acceptors (Lipinski definition) is 7. The molecule has 3 atom stereocenters. The summed E-state index contributed by atoms with van der Waals surface area (Å²) in [5.41, 5.74) is 1.75. The van der Waals surface area contributed by atoms with Gasteiger partial charge in [-0.2, -0.15) is 23.5 Å². The maximum Gasteiger partial charge on any atom is 0.323 e. The van der Waals surface area contributed by atoms with E-state index in [0.29, 0.717) is 0 Å². The Balaban J connectivity index is 1.40. The maximum absolute atomic E-state index is 12.8. The second-order valence-corrected chi connectivity index (χ2v) is 17.6. The average Bonchev–Trinajstić information content (AvgIpc) is 3.56. The summed E-state index contributed by atoms with van der Waals surface area (Å²) in [6.45, 7) is 21.0. The van der Waals surface area contributed by atoms with Crippen LogP contribution in [0.25, 0.3) is 0 Å². The highest BCUT2D eigenvalue weighted by molar-refractivity contribution is 8.00. The number of thioether (sulfide) groups is 2. The summed E-state index contributed by atoms with van der Waals surface area (Å²) >= 11 is 4.16. The number of nitrogens with zero attached hydrogens (tertiary/aromatic N) is 2. The summed E-state index contributed by atoms with van der Waals surface area (Å²) in [4.78, 5) is 29.8. The minimum Gasteiger partial charge on any atom is -0.468 e. The predicted octanol–water partition coefficient (Wildman–Crippen LogP) is 7.22. The molecule has 2 heterocycles. The quantitative estimate of drug-likeness (QED) is 0.155. The third-order valence-corrected chi connectivity index (χ3v) is 11.8. The van der Waals surface area contributed by atoms with E-state index in [4.69, 9.17) is 4.74 Å². The van der Waals surface area contributed by atoms with Crippen LogP contribution < -0.4 is 0 Å². The molecule has 0 saturated carbocycles. The van der Waals surface area contributed by atoms with Crippen LogP contribution in [-0.2, 0) is 16.0 Å². The van der Waals surface area contributed by atoms with Gasteiger partial charge in [-0.1, -0.05) is 66.7 Å². The fourth-order valence-electron chi connectivity index (χ4n) is 6.36. The normalized spacial score (nSPS) is 22.1. The molecule has 2 aliphatic heterocycles. The van der Waals surface area contributed by atoms with E-state index >= 15 is 0 Å². The molecule has 1 aromatic rings. The lowest BCUT2D eigenvalue weighted by Crippen LogP contribution is -2.38. The molecule has 3 rings (SSSR count). The van der Waals surface area contributed by atoms with Gasteiger partial charge in [0.15, 0.2) is 5.78 Å². The molecule has 0 amide bonds. The van der Waals surface area contributed by atoms with E-state index in [-0.39, 0.29) is 32.7 Å². The number of hydrogen-bond donors (Lipinski definition) is 0. The second kappa shape index (κ2) is 15.1. The minimum atomic E-state index is -0.355. The first-order valence-electron chi connectivity index (χ1n) is 15.7. The van der Waals surface area contributed by atoms with E-state index in [0.717, 1.165) is 68.3 Å². The first kappa shape index (κ1) is 34.5. The van der Waals surface area contributed by atoms with Crippen LogP contribution in [0.4, 0.5) is 0 Å². The Labute approximate surface area is 259 Å². The molecule has 232 valence electrons. The van der Waals surface area contributed by atoms with Gasteiger partial charge in [-0.25, -0.2) is 0 Å². The molecule has 0 aromatic heterocycles. The van der Waals surface area contributed by atoms with Gasteiger partial charge in [0, 0.05) is 51.6 Å². The van der Waals surface area contributed by atoms with Crippen molar-refractivity contribution >= 4 is 35.3 Å². The van der Waals surface area contributed by atoms with Crippen molar-refractivity contribution in [1.82, 2.24) is 9.80 Å². The number of carbonyl (C=O) groups is 2. The molecule has 0 aliphatic carbocycles. The lowest BCUT2D eigenvalue weighted by atomic mass is 9.85. The van der Waals surface area contributed by atoms with Gasteiger partial charge in [0.1, 0.15) is 6.04 Å². The highest BCUT2D eigenvalue weighted by Crippen LogP contribution is 2.37. The Morgan fingerprint density at radius 3 is 2.41 bits per heavy atom. The van der Waals surface area contributed by atoms with Crippen molar-refractivity contribution in [3.63, 3.8) is 0 Å². The Kier molecular flexibility index (Phi) is 12.7. The van der Waals surface area contributed by atoms with Gasteiger partial charge in [-0.3, -0.25) is 14.5 Å². The van der Waals surface area contributed by atoms with Gasteiger partial charge < -0.3 is 9.64 Å². The molecule has 0 spiro atoms. The molecule has 7 heteroatoms. The van der Waals surface area contributed by atoms with Crippen LogP contribution in [-0.4, -0.2) is 88.4 Å². The molecule has 0 radical (unpaired) electrons. The van der Waals surface area contributed by atoms with Crippen LogP contribution in [0.5, 0.6) is 0 Å². The maximum atomic E-state index is 12.8. The molecule has 2 saturated heterocycles. The topological polar surface area (TPSA) is 49.9 Å². The summed E-state index contributed by atoms with van der Waals surface area (Å²) < 4.78 is 5.43. The van der Waals surface area contributed by atoms with Crippen molar-refractivity contribution in [2.24, 2.45) is 11.3 Å². The number of esters is 1. The number of ketones is 1. The van der Waals surface area contributed by atoms with Crippen LogP contribution in [0.1, 0.15) is 96.5 Å². The predicted molar refractivity (Wildman–Crippen MR) is 177 cm³/mol. The smallest absolute Gasteiger partial charge is 0.323 e.